The first-order valence-corrected chi connectivity index (χ1v) is 6.50. The standard InChI is InChI=1S/C11H21N.C2H6/c1-9(2)10-5-8-11(12-10)6-3-4-7-11;1-2/h9-10,12H,3-8H2,1-2H3;1-2H3. The summed E-state index contributed by atoms with van der Waals surface area (Å²) in [5.41, 5.74) is 0.592. The third-order valence-electron chi connectivity index (χ3n) is 3.79. The minimum atomic E-state index is 0.592. The molecule has 1 heteroatoms. The number of hydrogen-bond acceptors (Lipinski definition) is 1. The van der Waals surface area contributed by atoms with Crippen molar-refractivity contribution in [3.8, 4) is 0 Å². The van der Waals surface area contributed by atoms with Gasteiger partial charge in [0.05, 0.1) is 0 Å². The molecule has 0 aromatic heterocycles. The Kier molecular flexibility index (Phi) is 4.43. The second kappa shape index (κ2) is 5.16. The molecule has 1 N–H and O–H groups in total. The van der Waals surface area contributed by atoms with Gasteiger partial charge in [-0.25, -0.2) is 0 Å². The van der Waals surface area contributed by atoms with Gasteiger partial charge in [-0.3, -0.25) is 0 Å². The van der Waals surface area contributed by atoms with Crippen LogP contribution in [0.5, 0.6) is 0 Å². The van der Waals surface area contributed by atoms with Crippen LogP contribution in [0.2, 0.25) is 0 Å². The van der Waals surface area contributed by atoms with Gasteiger partial charge in [0.1, 0.15) is 0 Å². The van der Waals surface area contributed by atoms with E-state index in [0.29, 0.717) is 5.54 Å². The molecule has 0 aromatic rings. The highest BCUT2D eigenvalue weighted by molar-refractivity contribution is 5.01. The third-order valence-corrected chi connectivity index (χ3v) is 3.79. The molecule has 1 spiro atoms. The third kappa shape index (κ3) is 2.50. The predicted octanol–water partition coefficient (Wildman–Crippen LogP) is 3.73. The summed E-state index contributed by atoms with van der Waals surface area (Å²) < 4.78 is 0. The van der Waals surface area contributed by atoms with E-state index in [1.54, 1.807) is 0 Å². The molecule has 0 amide bonds. The van der Waals surface area contributed by atoms with E-state index in [4.69, 9.17) is 0 Å². The molecule has 1 heterocycles. The van der Waals surface area contributed by atoms with E-state index in [1.165, 1.54) is 38.5 Å². The molecule has 1 unspecified atom stereocenters. The monoisotopic (exact) mass is 197 g/mol. The van der Waals surface area contributed by atoms with Crippen LogP contribution < -0.4 is 5.32 Å². The van der Waals surface area contributed by atoms with Gasteiger partial charge in [0.2, 0.25) is 0 Å². The van der Waals surface area contributed by atoms with Crippen LogP contribution in [0, 0.1) is 5.92 Å². The lowest BCUT2D eigenvalue weighted by molar-refractivity contribution is 0.338. The molecular weight excluding hydrogens is 170 g/mol. The van der Waals surface area contributed by atoms with Gasteiger partial charge in [-0.15, -0.1) is 0 Å². The van der Waals surface area contributed by atoms with Crippen LogP contribution in [0.15, 0.2) is 0 Å². The second-order valence-corrected chi connectivity index (χ2v) is 5.02. The van der Waals surface area contributed by atoms with Crippen molar-refractivity contribution in [2.45, 2.75) is 77.8 Å². The van der Waals surface area contributed by atoms with Crippen molar-refractivity contribution in [2.24, 2.45) is 5.92 Å². The van der Waals surface area contributed by atoms with E-state index < -0.39 is 0 Å². The Labute approximate surface area is 89.7 Å². The topological polar surface area (TPSA) is 12.0 Å². The van der Waals surface area contributed by atoms with Crippen molar-refractivity contribution in [2.75, 3.05) is 0 Å². The molecule has 1 nitrogen and oxygen atoms in total. The van der Waals surface area contributed by atoms with E-state index in [-0.39, 0.29) is 0 Å². The van der Waals surface area contributed by atoms with Gasteiger partial charge in [0.15, 0.2) is 0 Å². The predicted molar refractivity (Wildman–Crippen MR) is 63.5 cm³/mol. The highest BCUT2D eigenvalue weighted by Crippen LogP contribution is 2.39. The van der Waals surface area contributed by atoms with Crippen LogP contribution >= 0.6 is 0 Å². The molecule has 1 aliphatic carbocycles. The largest absolute Gasteiger partial charge is 0.308 e. The summed E-state index contributed by atoms with van der Waals surface area (Å²) >= 11 is 0. The zero-order valence-electron chi connectivity index (χ0n) is 10.4. The fourth-order valence-electron chi connectivity index (χ4n) is 2.92. The van der Waals surface area contributed by atoms with E-state index in [0.717, 1.165) is 12.0 Å². The number of rotatable bonds is 1. The fraction of sp³-hybridized carbons (Fsp3) is 1.00. The van der Waals surface area contributed by atoms with Gasteiger partial charge < -0.3 is 5.32 Å². The summed E-state index contributed by atoms with van der Waals surface area (Å²) in [4.78, 5) is 0. The first-order chi connectivity index (χ1) is 6.72. The molecule has 1 saturated heterocycles. The van der Waals surface area contributed by atoms with Gasteiger partial charge in [-0.05, 0) is 31.6 Å². The van der Waals surface area contributed by atoms with Crippen molar-refractivity contribution in [1.29, 1.82) is 0 Å². The fourth-order valence-corrected chi connectivity index (χ4v) is 2.92. The Balaban J connectivity index is 0.000000461. The number of nitrogens with one attached hydrogen (secondary N) is 1. The zero-order chi connectivity index (χ0) is 10.6. The van der Waals surface area contributed by atoms with Gasteiger partial charge in [-0.2, -0.15) is 0 Å². The smallest absolute Gasteiger partial charge is 0.0184 e. The Hall–Kier alpha value is -0.0400. The molecule has 2 aliphatic rings. The minimum absolute atomic E-state index is 0.592. The molecular formula is C13H27N. The summed E-state index contributed by atoms with van der Waals surface area (Å²) in [5.74, 6) is 0.824. The van der Waals surface area contributed by atoms with Crippen LogP contribution in [-0.2, 0) is 0 Å². The highest BCUT2D eigenvalue weighted by atomic mass is 15.0. The maximum absolute atomic E-state index is 3.87. The first kappa shape index (κ1) is 12.0. The summed E-state index contributed by atoms with van der Waals surface area (Å²) in [6.45, 7) is 8.68. The Bertz CT molecular complexity index is 157. The number of hydrogen-bond donors (Lipinski definition) is 1. The molecule has 1 aliphatic heterocycles. The van der Waals surface area contributed by atoms with Crippen molar-refractivity contribution in [3.63, 3.8) is 0 Å². The molecule has 1 atom stereocenters. The normalized spacial score (nSPS) is 29.4. The lowest BCUT2D eigenvalue weighted by atomic mass is 9.96. The average molecular weight is 197 g/mol. The molecule has 0 radical (unpaired) electrons. The zero-order valence-corrected chi connectivity index (χ0v) is 10.4. The van der Waals surface area contributed by atoms with Crippen molar-refractivity contribution in [3.05, 3.63) is 0 Å². The lowest BCUT2D eigenvalue weighted by Crippen LogP contribution is -2.42. The van der Waals surface area contributed by atoms with E-state index in [9.17, 15) is 0 Å². The minimum Gasteiger partial charge on any atom is -0.308 e. The first-order valence-electron chi connectivity index (χ1n) is 6.50. The van der Waals surface area contributed by atoms with Crippen LogP contribution in [0.25, 0.3) is 0 Å². The molecule has 0 aromatic carbocycles. The Morgan fingerprint density at radius 1 is 1.07 bits per heavy atom. The van der Waals surface area contributed by atoms with Gasteiger partial charge in [-0.1, -0.05) is 40.5 Å². The van der Waals surface area contributed by atoms with Crippen LogP contribution in [0.3, 0.4) is 0 Å². The molecule has 2 fully saturated rings. The van der Waals surface area contributed by atoms with Crippen molar-refractivity contribution >= 4 is 0 Å². The van der Waals surface area contributed by atoms with E-state index in [2.05, 4.69) is 19.2 Å². The molecule has 84 valence electrons. The van der Waals surface area contributed by atoms with Crippen LogP contribution in [0.4, 0.5) is 0 Å². The SMILES string of the molecule is CC.CC(C)C1CCC2(CCCC2)N1. The summed E-state index contributed by atoms with van der Waals surface area (Å²) in [6, 6.07) is 0.808. The maximum atomic E-state index is 3.87. The lowest BCUT2D eigenvalue weighted by Gasteiger charge is -2.26. The second-order valence-electron chi connectivity index (χ2n) is 5.02. The Morgan fingerprint density at radius 3 is 2.07 bits per heavy atom. The summed E-state index contributed by atoms with van der Waals surface area (Å²) in [6.07, 6.45) is 8.65. The van der Waals surface area contributed by atoms with E-state index >= 15 is 0 Å². The molecule has 2 rings (SSSR count). The van der Waals surface area contributed by atoms with Gasteiger partial charge in [0.25, 0.3) is 0 Å². The van der Waals surface area contributed by atoms with Gasteiger partial charge in [0, 0.05) is 11.6 Å². The molecule has 1 saturated carbocycles. The molecule has 14 heavy (non-hydrogen) atoms. The quantitative estimate of drug-likeness (QED) is 0.675. The van der Waals surface area contributed by atoms with Crippen LogP contribution in [0.1, 0.15) is 66.2 Å². The molecule has 0 bridgehead atoms. The Morgan fingerprint density at radius 2 is 1.64 bits per heavy atom. The van der Waals surface area contributed by atoms with Crippen molar-refractivity contribution in [1.82, 2.24) is 5.32 Å². The van der Waals surface area contributed by atoms with Crippen molar-refractivity contribution < 1.29 is 0 Å². The summed E-state index contributed by atoms with van der Waals surface area (Å²) in [5, 5.41) is 3.87. The van der Waals surface area contributed by atoms with E-state index in [1.807, 2.05) is 13.8 Å². The van der Waals surface area contributed by atoms with Crippen LogP contribution in [-0.4, -0.2) is 11.6 Å². The van der Waals surface area contributed by atoms with Gasteiger partial charge >= 0.3 is 0 Å². The average Bonchev–Trinajstić information content (AvgIpc) is 2.81. The highest BCUT2D eigenvalue weighted by Gasteiger charge is 2.40. The maximum Gasteiger partial charge on any atom is 0.0184 e. The summed E-state index contributed by atoms with van der Waals surface area (Å²) in [7, 11) is 0.